The van der Waals surface area contributed by atoms with Gasteiger partial charge in [0.25, 0.3) is 5.56 Å². The first-order valence-electron chi connectivity index (χ1n) is 11.6. The number of fused-ring (bicyclic) bond motifs is 1. The Hall–Kier alpha value is -3.36. The van der Waals surface area contributed by atoms with Gasteiger partial charge in [-0.1, -0.05) is 0 Å². The summed E-state index contributed by atoms with van der Waals surface area (Å²) >= 11 is 0. The summed E-state index contributed by atoms with van der Waals surface area (Å²) < 4.78 is 6.99. The van der Waals surface area contributed by atoms with Crippen molar-refractivity contribution >= 4 is 29.1 Å². The molecule has 2 aromatic heterocycles. The van der Waals surface area contributed by atoms with Crippen LogP contribution in [0.15, 0.2) is 17.4 Å². The summed E-state index contributed by atoms with van der Waals surface area (Å²) in [6, 6.07) is -2.50. The number of imidazole rings is 1. The molecule has 2 heterocycles. The summed E-state index contributed by atoms with van der Waals surface area (Å²) in [6.45, 7) is 1.06. The Kier molecular flexibility index (Phi) is 11.3. The first-order valence-corrected chi connectivity index (χ1v) is 11.6. The Morgan fingerprint density at radius 3 is 2.49 bits per heavy atom. The molecule has 2 amide bonds. The summed E-state index contributed by atoms with van der Waals surface area (Å²) in [6.07, 6.45) is 4.60. The van der Waals surface area contributed by atoms with E-state index in [1.165, 1.54) is 12.7 Å². The van der Waals surface area contributed by atoms with Crippen molar-refractivity contribution in [1.29, 1.82) is 0 Å². The van der Waals surface area contributed by atoms with Crippen molar-refractivity contribution in [1.82, 2.24) is 24.4 Å². The summed E-state index contributed by atoms with van der Waals surface area (Å²) in [5.41, 5.74) is 17.3. The van der Waals surface area contributed by atoms with Gasteiger partial charge in [0.05, 0.1) is 25.3 Å². The summed E-state index contributed by atoms with van der Waals surface area (Å²) in [5, 5.41) is 9.61. The maximum Gasteiger partial charge on any atom is 0.417 e. The van der Waals surface area contributed by atoms with E-state index in [1.807, 2.05) is 0 Å². The van der Waals surface area contributed by atoms with Crippen LogP contribution in [0.2, 0.25) is 0 Å². The van der Waals surface area contributed by atoms with E-state index in [4.69, 9.17) is 21.9 Å². The molecule has 0 fully saturated rings. The number of carbonyl (C=O) groups excluding carboxylic acids is 2. The fourth-order valence-corrected chi connectivity index (χ4v) is 3.53. The van der Waals surface area contributed by atoms with Gasteiger partial charge in [-0.15, -0.1) is 0 Å². The molecule has 8 N–H and O–H groups in total. The third-order valence-corrected chi connectivity index (χ3v) is 5.43. The lowest BCUT2D eigenvalue weighted by molar-refractivity contribution is -0.149. The van der Waals surface area contributed by atoms with Crippen molar-refractivity contribution < 1.29 is 24.2 Å². The van der Waals surface area contributed by atoms with Gasteiger partial charge >= 0.3 is 12.1 Å². The second kappa shape index (κ2) is 14.1. The lowest BCUT2D eigenvalue weighted by Gasteiger charge is -2.28. The van der Waals surface area contributed by atoms with E-state index in [9.17, 15) is 24.3 Å². The van der Waals surface area contributed by atoms with Gasteiger partial charge in [0.1, 0.15) is 6.04 Å². The fraction of sp³-hybridized carbons (Fsp3) is 0.619. The molecule has 35 heavy (non-hydrogen) atoms. The van der Waals surface area contributed by atoms with Crippen molar-refractivity contribution in [2.75, 3.05) is 19.7 Å². The number of nitrogens with zero attached hydrogens (tertiary/aromatic N) is 4. The van der Waals surface area contributed by atoms with E-state index in [2.05, 4.69) is 15.0 Å². The minimum atomic E-state index is -1.42. The number of rotatable bonds is 15. The molecule has 0 aromatic carbocycles. The normalized spacial score (nSPS) is 12.9. The Bertz CT molecular complexity index is 1040. The first-order chi connectivity index (χ1) is 16.8. The molecule has 2 aromatic rings. The number of hydrogen-bond acceptors (Lipinski definition) is 10. The minimum Gasteiger partial charge on any atom is -0.480 e. The smallest absolute Gasteiger partial charge is 0.417 e. The maximum absolute atomic E-state index is 12.8. The fourth-order valence-electron chi connectivity index (χ4n) is 3.53. The predicted octanol–water partition coefficient (Wildman–Crippen LogP) is -0.487. The van der Waals surface area contributed by atoms with E-state index in [0.29, 0.717) is 55.7 Å². The molecule has 0 aliphatic rings. The molecule has 0 aliphatic heterocycles. The zero-order valence-electron chi connectivity index (χ0n) is 19.6. The van der Waals surface area contributed by atoms with Crippen molar-refractivity contribution in [3.05, 3.63) is 23.0 Å². The van der Waals surface area contributed by atoms with Crippen LogP contribution in [0.5, 0.6) is 0 Å². The van der Waals surface area contributed by atoms with Gasteiger partial charge in [0, 0.05) is 6.54 Å². The lowest BCUT2D eigenvalue weighted by Crippen LogP contribution is -2.54. The first kappa shape index (κ1) is 27.9. The molecule has 14 nitrogen and oxygen atoms in total. The second-order valence-electron chi connectivity index (χ2n) is 8.05. The number of H-pyrrole nitrogens is 1. The predicted molar refractivity (Wildman–Crippen MR) is 126 cm³/mol. The number of imide groups is 1. The van der Waals surface area contributed by atoms with Gasteiger partial charge in [0.2, 0.25) is 5.91 Å². The molecule has 0 saturated heterocycles. The largest absolute Gasteiger partial charge is 0.480 e. The van der Waals surface area contributed by atoms with Crippen molar-refractivity contribution in [2.45, 2.75) is 63.6 Å². The van der Waals surface area contributed by atoms with Crippen LogP contribution in [0.4, 0.5) is 4.79 Å². The van der Waals surface area contributed by atoms with Gasteiger partial charge in [-0.05, 0) is 58.0 Å². The van der Waals surface area contributed by atoms with E-state index < -0.39 is 30.1 Å². The molecule has 0 radical (unpaired) electrons. The minimum absolute atomic E-state index is 0.00747. The van der Waals surface area contributed by atoms with Gasteiger partial charge in [0.15, 0.2) is 11.2 Å². The van der Waals surface area contributed by atoms with Crippen LogP contribution in [-0.4, -0.2) is 79.3 Å². The van der Waals surface area contributed by atoms with Crippen molar-refractivity contribution in [3.63, 3.8) is 0 Å². The monoisotopic (exact) mass is 494 g/mol. The Labute approximate surface area is 201 Å². The number of carboxylic acids is 1. The van der Waals surface area contributed by atoms with Crippen LogP contribution < -0.4 is 22.8 Å². The molecule has 0 saturated carbocycles. The zero-order valence-corrected chi connectivity index (χ0v) is 19.6. The lowest BCUT2D eigenvalue weighted by atomic mass is 10.1. The number of carboxylic acid groups (broad SMARTS) is 1. The van der Waals surface area contributed by atoms with Crippen LogP contribution >= 0.6 is 0 Å². The summed E-state index contributed by atoms with van der Waals surface area (Å²) in [5.74, 6) is -2.16. The molecule has 0 bridgehead atoms. The average molecular weight is 495 g/mol. The van der Waals surface area contributed by atoms with Crippen LogP contribution in [0.25, 0.3) is 11.2 Å². The zero-order chi connectivity index (χ0) is 25.8. The Morgan fingerprint density at radius 1 is 1.09 bits per heavy atom. The van der Waals surface area contributed by atoms with Gasteiger partial charge < -0.3 is 36.6 Å². The van der Waals surface area contributed by atoms with Gasteiger partial charge in [-0.3, -0.25) is 9.59 Å². The number of aromatic amines is 1. The number of unbranched alkanes of at least 4 members (excludes halogenated alkanes) is 2. The summed E-state index contributed by atoms with van der Waals surface area (Å²) in [4.78, 5) is 60.3. The number of aromatic nitrogens is 4. The number of aryl methyl sites for hydroxylation is 1. The van der Waals surface area contributed by atoms with E-state index >= 15 is 0 Å². The van der Waals surface area contributed by atoms with E-state index in [-0.39, 0.29) is 37.1 Å². The van der Waals surface area contributed by atoms with Crippen LogP contribution in [0.3, 0.4) is 0 Å². The molecule has 2 atom stereocenters. The molecule has 194 valence electrons. The highest BCUT2D eigenvalue weighted by Gasteiger charge is 2.37. The second-order valence-corrected chi connectivity index (χ2v) is 8.05. The number of ether oxygens (including phenoxy) is 1. The van der Waals surface area contributed by atoms with Gasteiger partial charge in [-0.25, -0.2) is 24.5 Å². The molecule has 0 aliphatic carbocycles. The maximum atomic E-state index is 12.8. The molecule has 2 rings (SSSR count). The topological polar surface area (TPSA) is 226 Å². The standard InChI is InChI=1S/C21H34N8O6/c22-8-4-6-14(24)19(31)29(15(20(32)33)7-5-9-23)21(34)35-11-3-1-2-10-28-13-27-16-17(28)25-12-26-18(16)30/h12-15H,1-11,22-24H2,(H,32,33)(H,25,26,30)/t14-,15-/m0/s1. The van der Waals surface area contributed by atoms with Gasteiger partial charge in [-0.2, -0.15) is 0 Å². The highest BCUT2D eigenvalue weighted by atomic mass is 16.6. The van der Waals surface area contributed by atoms with Crippen molar-refractivity contribution in [2.24, 2.45) is 17.2 Å². The molecule has 0 unspecified atom stereocenters. The Morgan fingerprint density at radius 2 is 1.80 bits per heavy atom. The number of nitrogens with one attached hydrogen (secondary N) is 1. The van der Waals surface area contributed by atoms with Crippen LogP contribution in [-0.2, 0) is 20.9 Å². The number of nitrogens with two attached hydrogens (primary N) is 3. The highest BCUT2D eigenvalue weighted by Crippen LogP contribution is 2.14. The molecular weight excluding hydrogens is 460 g/mol. The average Bonchev–Trinajstić information content (AvgIpc) is 3.25. The molecular formula is C21H34N8O6. The number of amides is 2. The highest BCUT2D eigenvalue weighted by molar-refractivity contribution is 5.98. The third-order valence-electron chi connectivity index (χ3n) is 5.43. The third kappa shape index (κ3) is 7.83. The Balaban J connectivity index is 1.91. The van der Waals surface area contributed by atoms with E-state index in [1.54, 1.807) is 4.57 Å². The van der Waals surface area contributed by atoms with Crippen LogP contribution in [0, 0.1) is 0 Å². The number of hydrogen-bond donors (Lipinski definition) is 5. The summed E-state index contributed by atoms with van der Waals surface area (Å²) in [7, 11) is 0. The SMILES string of the molecule is NCCC[C@H](N)C(=O)N(C(=O)OCCCCCn1cnc2c(=O)[nH]cnc21)[C@@H](CCCN)C(=O)O. The van der Waals surface area contributed by atoms with E-state index in [0.717, 1.165) is 0 Å². The quantitative estimate of drug-likeness (QED) is 0.198. The molecule has 14 heteroatoms. The number of aliphatic carboxylic acids is 1. The van der Waals surface area contributed by atoms with Crippen LogP contribution in [0.1, 0.15) is 44.9 Å². The van der Waals surface area contributed by atoms with Crippen molar-refractivity contribution in [3.8, 4) is 0 Å². The number of carbonyl (C=O) groups is 3. The molecule has 0 spiro atoms.